The molecule has 0 saturated heterocycles. The number of thioether (sulfide) groups is 1. The van der Waals surface area contributed by atoms with Gasteiger partial charge < -0.3 is 5.32 Å². The van der Waals surface area contributed by atoms with E-state index in [2.05, 4.69) is 20.8 Å². The fourth-order valence-electron chi connectivity index (χ4n) is 3.25. The number of tetrazole rings is 1. The maximum atomic E-state index is 13.2. The number of hydrogen-bond donors (Lipinski definition) is 1. The first kappa shape index (κ1) is 20.7. The SMILES string of the molecule is CN(C1CCCCC1)S(=O)(=O)c1ccccc1NC(=O)CSc1nnnn1C. The standard InChI is InChI=1S/C17H24N6O3S2/c1-22-17(19-20-21-22)27-12-16(24)18-14-10-6-7-11-15(14)28(25,26)23(2)13-8-4-3-5-9-13/h6-7,10-11,13H,3-5,8-9,12H2,1-2H3,(H,18,24). The van der Waals surface area contributed by atoms with Crippen molar-refractivity contribution in [2.75, 3.05) is 18.1 Å². The van der Waals surface area contributed by atoms with Crippen molar-refractivity contribution in [2.24, 2.45) is 7.05 Å². The third kappa shape index (κ3) is 4.70. The summed E-state index contributed by atoms with van der Waals surface area (Å²) in [6, 6.07) is 6.51. The molecule has 0 unspecified atom stereocenters. The van der Waals surface area contributed by atoms with E-state index in [1.54, 1.807) is 32.3 Å². The molecule has 1 fully saturated rings. The van der Waals surface area contributed by atoms with Gasteiger partial charge in [-0.3, -0.25) is 4.79 Å². The van der Waals surface area contributed by atoms with Crippen molar-refractivity contribution in [3.05, 3.63) is 24.3 Å². The van der Waals surface area contributed by atoms with Crippen LogP contribution in [0.3, 0.4) is 0 Å². The number of aryl methyl sites for hydroxylation is 1. The van der Waals surface area contributed by atoms with Crippen LogP contribution in [0.15, 0.2) is 34.3 Å². The highest BCUT2D eigenvalue weighted by Gasteiger charge is 2.31. The van der Waals surface area contributed by atoms with E-state index in [0.717, 1.165) is 32.1 Å². The number of nitrogens with zero attached hydrogens (tertiary/aromatic N) is 5. The third-order valence-corrected chi connectivity index (χ3v) is 7.80. The van der Waals surface area contributed by atoms with Crippen LogP contribution >= 0.6 is 11.8 Å². The van der Waals surface area contributed by atoms with Crippen molar-refractivity contribution in [2.45, 2.75) is 48.2 Å². The van der Waals surface area contributed by atoms with Gasteiger partial charge in [-0.05, 0) is 35.4 Å². The fourth-order valence-corrected chi connectivity index (χ4v) is 5.46. The molecule has 11 heteroatoms. The smallest absolute Gasteiger partial charge is 0.245 e. The lowest BCUT2D eigenvalue weighted by molar-refractivity contribution is -0.113. The molecule has 28 heavy (non-hydrogen) atoms. The zero-order valence-electron chi connectivity index (χ0n) is 15.9. The lowest BCUT2D eigenvalue weighted by Gasteiger charge is -2.30. The summed E-state index contributed by atoms with van der Waals surface area (Å²) in [4.78, 5) is 12.5. The second kappa shape index (κ2) is 9.01. The molecule has 0 radical (unpaired) electrons. The monoisotopic (exact) mass is 424 g/mol. The maximum absolute atomic E-state index is 13.2. The minimum Gasteiger partial charge on any atom is -0.324 e. The average molecular weight is 425 g/mol. The quantitative estimate of drug-likeness (QED) is 0.676. The first-order valence-electron chi connectivity index (χ1n) is 9.11. The molecule has 1 aliphatic rings. The first-order valence-corrected chi connectivity index (χ1v) is 11.5. The highest BCUT2D eigenvalue weighted by atomic mass is 32.2. The average Bonchev–Trinajstić information content (AvgIpc) is 3.11. The molecule has 0 atom stereocenters. The number of amides is 1. The van der Waals surface area contributed by atoms with Gasteiger partial charge in [-0.1, -0.05) is 43.2 Å². The van der Waals surface area contributed by atoms with Crippen molar-refractivity contribution < 1.29 is 13.2 Å². The van der Waals surface area contributed by atoms with E-state index in [-0.39, 0.29) is 28.3 Å². The van der Waals surface area contributed by atoms with E-state index in [9.17, 15) is 13.2 Å². The second-order valence-electron chi connectivity index (χ2n) is 6.73. The molecule has 0 bridgehead atoms. The van der Waals surface area contributed by atoms with Gasteiger partial charge >= 0.3 is 0 Å². The summed E-state index contributed by atoms with van der Waals surface area (Å²) in [5.74, 6) is -0.253. The van der Waals surface area contributed by atoms with Gasteiger partial charge in [0.1, 0.15) is 4.90 Å². The predicted octanol–water partition coefficient (Wildman–Crippen LogP) is 1.89. The summed E-state index contributed by atoms with van der Waals surface area (Å²) < 4.78 is 29.2. The predicted molar refractivity (Wildman–Crippen MR) is 106 cm³/mol. The number of sulfonamides is 1. The molecule has 1 N–H and O–H groups in total. The zero-order valence-corrected chi connectivity index (χ0v) is 17.5. The molecule has 3 rings (SSSR count). The molecular weight excluding hydrogens is 400 g/mol. The molecule has 0 aliphatic heterocycles. The Labute approximate surface area is 168 Å². The molecule has 1 aliphatic carbocycles. The van der Waals surface area contributed by atoms with E-state index in [0.29, 0.717) is 5.16 Å². The number of carbonyl (C=O) groups excluding carboxylic acids is 1. The van der Waals surface area contributed by atoms with Crippen LogP contribution in [0.1, 0.15) is 32.1 Å². The fraction of sp³-hybridized carbons (Fsp3) is 0.529. The van der Waals surface area contributed by atoms with Gasteiger partial charge in [-0.25, -0.2) is 13.1 Å². The van der Waals surface area contributed by atoms with Crippen molar-refractivity contribution >= 4 is 33.4 Å². The lowest BCUT2D eigenvalue weighted by Crippen LogP contribution is -2.38. The number of aromatic nitrogens is 4. The van der Waals surface area contributed by atoms with Crippen molar-refractivity contribution in [1.29, 1.82) is 0 Å². The normalized spacial score (nSPS) is 15.7. The van der Waals surface area contributed by atoms with Gasteiger partial charge in [-0.2, -0.15) is 4.31 Å². The highest BCUT2D eigenvalue weighted by Crippen LogP contribution is 2.30. The summed E-state index contributed by atoms with van der Waals surface area (Å²) in [5, 5.41) is 14.3. The van der Waals surface area contributed by atoms with Crippen LogP contribution in [0.25, 0.3) is 0 Å². The molecule has 1 aromatic carbocycles. The Morgan fingerprint density at radius 2 is 2.00 bits per heavy atom. The van der Waals surface area contributed by atoms with Crippen LogP contribution < -0.4 is 5.32 Å². The molecular formula is C17H24N6O3S2. The molecule has 0 spiro atoms. The van der Waals surface area contributed by atoms with Crippen LogP contribution in [0.5, 0.6) is 0 Å². The molecule has 1 saturated carbocycles. The third-order valence-electron chi connectivity index (χ3n) is 4.82. The van der Waals surface area contributed by atoms with E-state index < -0.39 is 10.0 Å². The summed E-state index contributed by atoms with van der Waals surface area (Å²) >= 11 is 1.18. The molecule has 1 aromatic heterocycles. The molecule has 152 valence electrons. The Balaban J connectivity index is 1.72. The zero-order chi connectivity index (χ0) is 20.1. The summed E-state index contributed by atoms with van der Waals surface area (Å²) in [7, 11) is -0.395. The first-order chi connectivity index (χ1) is 13.4. The number of rotatable bonds is 7. The van der Waals surface area contributed by atoms with Crippen LogP contribution in [0.4, 0.5) is 5.69 Å². The summed E-state index contributed by atoms with van der Waals surface area (Å²) in [5.41, 5.74) is 0.284. The Bertz CT molecular complexity index is 924. The number of nitrogens with one attached hydrogen (secondary N) is 1. The lowest BCUT2D eigenvalue weighted by atomic mass is 9.96. The molecule has 1 heterocycles. The van der Waals surface area contributed by atoms with Crippen molar-refractivity contribution in [3.63, 3.8) is 0 Å². The molecule has 1 amide bonds. The molecule has 9 nitrogen and oxygen atoms in total. The molecule has 2 aromatic rings. The van der Waals surface area contributed by atoms with Gasteiger partial charge in [0, 0.05) is 20.1 Å². The van der Waals surface area contributed by atoms with Gasteiger partial charge in [-0.15, -0.1) is 5.10 Å². The number of hydrogen-bond acceptors (Lipinski definition) is 7. The second-order valence-corrected chi connectivity index (χ2v) is 9.64. The Morgan fingerprint density at radius 1 is 1.29 bits per heavy atom. The number of carbonyl (C=O) groups is 1. The summed E-state index contributed by atoms with van der Waals surface area (Å²) in [6.45, 7) is 0. The van der Waals surface area contributed by atoms with Gasteiger partial charge in [0.25, 0.3) is 0 Å². The minimum atomic E-state index is -3.70. The number of para-hydroxylation sites is 1. The van der Waals surface area contributed by atoms with Crippen LogP contribution in [0.2, 0.25) is 0 Å². The Morgan fingerprint density at radius 3 is 2.68 bits per heavy atom. The van der Waals surface area contributed by atoms with Crippen molar-refractivity contribution in [1.82, 2.24) is 24.5 Å². The topological polar surface area (TPSA) is 110 Å². The van der Waals surface area contributed by atoms with Crippen LogP contribution in [-0.2, 0) is 21.9 Å². The highest BCUT2D eigenvalue weighted by molar-refractivity contribution is 7.99. The van der Waals surface area contributed by atoms with E-state index >= 15 is 0 Å². The number of benzene rings is 1. The van der Waals surface area contributed by atoms with Gasteiger partial charge in [0.2, 0.25) is 21.1 Å². The van der Waals surface area contributed by atoms with E-state index in [1.165, 1.54) is 26.8 Å². The van der Waals surface area contributed by atoms with Crippen LogP contribution in [0, 0.1) is 0 Å². The van der Waals surface area contributed by atoms with E-state index in [4.69, 9.17) is 0 Å². The van der Waals surface area contributed by atoms with Gasteiger partial charge in [0.15, 0.2) is 0 Å². The maximum Gasteiger partial charge on any atom is 0.245 e. The number of anilines is 1. The van der Waals surface area contributed by atoms with Crippen LogP contribution in [-0.4, -0.2) is 57.7 Å². The van der Waals surface area contributed by atoms with E-state index in [1.807, 2.05) is 0 Å². The Hall–Kier alpha value is -1.98. The largest absolute Gasteiger partial charge is 0.324 e. The van der Waals surface area contributed by atoms with Gasteiger partial charge in [0.05, 0.1) is 11.4 Å². The summed E-state index contributed by atoms with van der Waals surface area (Å²) in [6.07, 6.45) is 4.96. The van der Waals surface area contributed by atoms with Crippen molar-refractivity contribution in [3.8, 4) is 0 Å². The Kier molecular flexibility index (Phi) is 6.68. The minimum absolute atomic E-state index is 0.00137.